The summed E-state index contributed by atoms with van der Waals surface area (Å²) in [5, 5.41) is 0. The second-order valence-corrected chi connectivity index (χ2v) is 4.07. The zero-order chi connectivity index (χ0) is 9.26. The lowest BCUT2D eigenvalue weighted by molar-refractivity contribution is -0.136. The average Bonchev–Trinajstić information content (AvgIpc) is 2.02. The highest BCUT2D eigenvalue weighted by molar-refractivity contribution is 5.20. The van der Waals surface area contributed by atoms with Crippen LogP contribution in [0.4, 0.5) is 0 Å². The molecule has 1 saturated heterocycles. The third-order valence-corrected chi connectivity index (χ3v) is 2.84. The Morgan fingerprint density at radius 3 is 2.38 bits per heavy atom. The number of benzene rings is 1. The maximum atomic E-state index is 5.59. The molecular formula is C12H16O. The molecule has 0 radical (unpaired) electrons. The molecule has 1 heteroatoms. The maximum Gasteiger partial charge on any atom is 0.0877 e. The molecule has 1 aromatic carbocycles. The summed E-state index contributed by atoms with van der Waals surface area (Å²) in [6, 6.07) is 10.5. The van der Waals surface area contributed by atoms with E-state index in [0.717, 1.165) is 12.5 Å². The van der Waals surface area contributed by atoms with Crippen LogP contribution in [-0.4, -0.2) is 6.61 Å². The zero-order valence-corrected chi connectivity index (χ0v) is 8.23. The van der Waals surface area contributed by atoms with Crippen LogP contribution in [-0.2, 0) is 4.74 Å². The summed E-state index contributed by atoms with van der Waals surface area (Å²) in [5.74, 6) is 1.43. The minimum Gasteiger partial charge on any atom is -0.373 e. The Bertz CT molecular complexity index is 266. The summed E-state index contributed by atoms with van der Waals surface area (Å²) < 4.78 is 5.59. The maximum absolute atomic E-state index is 5.59. The van der Waals surface area contributed by atoms with Gasteiger partial charge in [-0.1, -0.05) is 44.2 Å². The van der Waals surface area contributed by atoms with Crippen LogP contribution in [0.1, 0.15) is 25.5 Å². The molecule has 0 aliphatic carbocycles. The van der Waals surface area contributed by atoms with Crippen molar-refractivity contribution in [1.82, 2.24) is 0 Å². The first-order chi connectivity index (χ1) is 6.29. The SMILES string of the molecule is CC(C)[C@@H]1CO[C@@H]1c1ccccc1. The van der Waals surface area contributed by atoms with Crippen molar-refractivity contribution in [3.63, 3.8) is 0 Å². The Kier molecular flexibility index (Phi) is 2.36. The number of hydrogen-bond acceptors (Lipinski definition) is 1. The van der Waals surface area contributed by atoms with Gasteiger partial charge in [0.15, 0.2) is 0 Å². The van der Waals surface area contributed by atoms with Crippen molar-refractivity contribution >= 4 is 0 Å². The lowest BCUT2D eigenvalue weighted by atomic mass is 9.83. The summed E-state index contributed by atoms with van der Waals surface area (Å²) in [7, 11) is 0. The summed E-state index contributed by atoms with van der Waals surface area (Å²) in [6.07, 6.45) is 0.348. The molecule has 1 nitrogen and oxygen atoms in total. The van der Waals surface area contributed by atoms with E-state index < -0.39 is 0 Å². The van der Waals surface area contributed by atoms with Gasteiger partial charge < -0.3 is 4.74 Å². The predicted octanol–water partition coefficient (Wildman–Crippen LogP) is 3.03. The van der Waals surface area contributed by atoms with Gasteiger partial charge in [0, 0.05) is 5.92 Å². The molecular weight excluding hydrogens is 160 g/mol. The van der Waals surface area contributed by atoms with Gasteiger partial charge in [0.2, 0.25) is 0 Å². The fourth-order valence-corrected chi connectivity index (χ4v) is 1.83. The Labute approximate surface area is 79.7 Å². The van der Waals surface area contributed by atoms with Crippen LogP contribution in [0.25, 0.3) is 0 Å². The minimum absolute atomic E-state index is 0.348. The number of ether oxygens (including phenoxy) is 1. The molecule has 1 aliphatic rings. The first-order valence-corrected chi connectivity index (χ1v) is 4.95. The lowest BCUT2D eigenvalue weighted by Gasteiger charge is -2.39. The van der Waals surface area contributed by atoms with Crippen molar-refractivity contribution < 1.29 is 4.74 Å². The fraction of sp³-hybridized carbons (Fsp3) is 0.500. The number of rotatable bonds is 2. The van der Waals surface area contributed by atoms with Gasteiger partial charge in [-0.25, -0.2) is 0 Å². The molecule has 0 aromatic heterocycles. The summed E-state index contributed by atoms with van der Waals surface area (Å²) >= 11 is 0. The van der Waals surface area contributed by atoms with Gasteiger partial charge >= 0.3 is 0 Å². The van der Waals surface area contributed by atoms with Gasteiger partial charge in [-0.15, -0.1) is 0 Å². The van der Waals surface area contributed by atoms with Gasteiger partial charge in [-0.2, -0.15) is 0 Å². The van der Waals surface area contributed by atoms with Crippen LogP contribution in [0.15, 0.2) is 30.3 Å². The van der Waals surface area contributed by atoms with Crippen LogP contribution in [0.3, 0.4) is 0 Å². The van der Waals surface area contributed by atoms with Crippen LogP contribution >= 0.6 is 0 Å². The topological polar surface area (TPSA) is 9.23 Å². The molecule has 2 atom stereocenters. The van der Waals surface area contributed by atoms with Crippen molar-refractivity contribution in [3.8, 4) is 0 Å². The molecule has 0 amide bonds. The van der Waals surface area contributed by atoms with E-state index in [9.17, 15) is 0 Å². The third-order valence-electron chi connectivity index (χ3n) is 2.84. The van der Waals surface area contributed by atoms with Gasteiger partial charge in [0.25, 0.3) is 0 Å². The molecule has 0 N–H and O–H groups in total. The monoisotopic (exact) mass is 176 g/mol. The fourth-order valence-electron chi connectivity index (χ4n) is 1.83. The van der Waals surface area contributed by atoms with Crippen molar-refractivity contribution in [2.24, 2.45) is 11.8 Å². The molecule has 0 bridgehead atoms. The Morgan fingerprint density at radius 1 is 1.23 bits per heavy atom. The quantitative estimate of drug-likeness (QED) is 0.673. The molecule has 0 spiro atoms. The highest BCUT2D eigenvalue weighted by Gasteiger charge is 2.35. The molecule has 1 fully saturated rings. The normalized spacial score (nSPS) is 27.3. The van der Waals surface area contributed by atoms with E-state index in [1.165, 1.54) is 5.56 Å². The standard InChI is InChI=1S/C12H16O/c1-9(2)11-8-13-12(11)10-6-4-3-5-7-10/h3-7,9,11-12H,8H2,1-2H3/t11-,12+/m0/s1. The third kappa shape index (κ3) is 1.61. The van der Waals surface area contributed by atoms with Gasteiger partial charge in [0.05, 0.1) is 12.7 Å². The van der Waals surface area contributed by atoms with Gasteiger partial charge in [0.1, 0.15) is 0 Å². The lowest BCUT2D eigenvalue weighted by Crippen LogP contribution is -2.35. The summed E-state index contributed by atoms with van der Waals surface area (Å²) in [5.41, 5.74) is 1.33. The summed E-state index contributed by atoms with van der Waals surface area (Å²) in [6.45, 7) is 5.46. The molecule has 1 heterocycles. The van der Waals surface area contributed by atoms with E-state index in [1.54, 1.807) is 0 Å². The van der Waals surface area contributed by atoms with Crippen molar-refractivity contribution in [1.29, 1.82) is 0 Å². The van der Waals surface area contributed by atoms with Crippen molar-refractivity contribution in [3.05, 3.63) is 35.9 Å². The molecule has 1 aliphatic heterocycles. The molecule has 0 saturated carbocycles. The van der Waals surface area contributed by atoms with E-state index in [-0.39, 0.29) is 0 Å². The van der Waals surface area contributed by atoms with Crippen LogP contribution in [0.5, 0.6) is 0 Å². The van der Waals surface area contributed by atoms with E-state index >= 15 is 0 Å². The van der Waals surface area contributed by atoms with Gasteiger partial charge in [-0.05, 0) is 11.5 Å². The smallest absolute Gasteiger partial charge is 0.0877 e. The molecule has 2 rings (SSSR count). The van der Waals surface area contributed by atoms with Crippen LogP contribution in [0.2, 0.25) is 0 Å². The first-order valence-electron chi connectivity index (χ1n) is 4.95. The Balaban J connectivity index is 2.11. The summed E-state index contributed by atoms with van der Waals surface area (Å²) in [4.78, 5) is 0. The second kappa shape index (κ2) is 3.51. The predicted molar refractivity (Wildman–Crippen MR) is 53.5 cm³/mol. The first kappa shape index (κ1) is 8.76. The highest BCUT2D eigenvalue weighted by Crippen LogP contribution is 2.39. The van der Waals surface area contributed by atoms with E-state index in [1.807, 2.05) is 6.07 Å². The Morgan fingerprint density at radius 2 is 1.92 bits per heavy atom. The Hall–Kier alpha value is -0.820. The molecule has 0 unspecified atom stereocenters. The zero-order valence-electron chi connectivity index (χ0n) is 8.23. The second-order valence-electron chi connectivity index (χ2n) is 4.07. The van der Waals surface area contributed by atoms with Crippen molar-refractivity contribution in [2.45, 2.75) is 20.0 Å². The largest absolute Gasteiger partial charge is 0.373 e. The van der Waals surface area contributed by atoms with E-state index in [2.05, 4.69) is 38.1 Å². The minimum atomic E-state index is 0.348. The van der Waals surface area contributed by atoms with Crippen LogP contribution in [0, 0.1) is 11.8 Å². The van der Waals surface area contributed by atoms with Crippen LogP contribution < -0.4 is 0 Å². The average molecular weight is 176 g/mol. The van der Waals surface area contributed by atoms with Crippen molar-refractivity contribution in [2.75, 3.05) is 6.61 Å². The molecule has 13 heavy (non-hydrogen) atoms. The van der Waals surface area contributed by atoms with E-state index in [0.29, 0.717) is 12.0 Å². The highest BCUT2D eigenvalue weighted by atomic mass is 16.5. The van der Waals surface area contributed by atoms with E-state index in [4.69, 9.17) is 4.74 Å². The number of hydrogen-bond donors (Lipinski definition) is 0. The molecule has 70 valence electrons. The van der Waals surface area contributed by atoms with Gasteiger partial charge in [-0.3, -0.25) is 0 Å². The molecule has 1 aromatic rings.